The highest BCUT2D eigenvalue weighted by Crippen LogP contribution is 2.38. The van der Waals surface area contributed by atoms with Gasteiger partial charge in [0.25, 0.3) is 0 Å². The maximum Gasteiger partial charge on any atom is 0.170 e. The molecule has 2 atom stereocenters. The molecule has 6 nitrogen and oxygen atoms in total. The number of Topliss-reactive ketones (excluding diaryl/α,β-unsaturated/α-hetero) is 1. The number of fused-ring (bicyclic) bond motifs is 1. The predicted octanol–water partition coefficient (Wildman–Crippen LogP) is 3.95. The van der Waals surface area contributed by atoms with Gasteiger partial charge in [0.15, 0.2) is 5.78 Å². The fraction of sp³-hybridized carbons (Fsp3) is 0.200. The second-order valence-electron chi connectivity index (χ2n) is 7.43. The summed E-state index contributed by atoms with van der Waals surface area (Å²) < 4.78 is 12.2. The van der Waals surface area contributed by atoms with Crippen molar-refractivity contribution in [3.63, 3.8) is 0 Å². The zero-order valence-corrected chi connectivity index (χ0v) is 17.0. The van der Waals surface area contributed by atoms with Crippen LogP contribution >= 0.6 is 0 Å². The molecule has 4 rings (SSSR count). The molecule has 156 valence electrons. The van der Waals surface area contributed by atoms with Crippen LogP contribution < -0.4 is 15.2 Å². The van der Waals surface area contributed by atoms with Gasteiger partial charge in [-0.3, -0.25) is 4.79 Å². The summed E-state index contributed by atoms with van der Waals surface area (Å²) in [5.74, 6) is 1.23. The van der Waals surface area contributed by atoms with Crippen LogP contribution in [-0.2, 0) is 0 Å². The van der Waals surface area contributed by atoms with Gasteiger partial charge in [-0.2, -0.15) is 5.26 Å². The standard InChI is InChI=1S/C25H22N2O4/c1-15-22(11-10-20-21(28)12-13-30-23(15)20)31-24(17-4-2-16(14-26)3-5-17)18-6-8-19(9-7-18)25(27)29/h2-11,24-25,29H,12-13,27H2,1H3/t24-,25+/m0/s1. The van der Waals surface area contributed by atoms with Crippen LogP contribution in [0.25, 0.3) is 0 Å². The van der Waals surface area contributed by atoms with Crippen LogP contribution in [0.5, 0.6) is 11.5 Å². The van der Waals surface area contributed by atoms with Crippen LogP contribution in [0.4, 0.5) is 0 Å². The number of carbonyl (C=O) groups excluding carboxylic acids is 1. The van der Waals surface area contributed by atoms with Crippen LogP contribution in [0.1, 0.15) is 56.9 Å². The number of nitriles is 1. The van der Waals surface area contributed by atoms with Crippen LogP contribution in [-0.4, -0.2) is 17.5 Å². The van der Waals surface area contributed by atoms with Crippen molar-refractivity contribution in [1.82, 2.24) is 0 Å². The molecule has 3 N–H and O–H groups in total. The Hall–Kier alpha value is -3.66. The lowest BCUT2D eigenvalue weighted by molar-refractivity contribution is 0.0932. The molecule has 0 bridgehead atoms. The van der Waals surface area contributed by atoms with E-state index in [1.165, 1.54) is 0 Å². The van der Waals surface area contributed by atoms with Crippen molar-refractivity contribution in [1.29, 1.82) is 5.26 Å². The number of carbonyl (C=O) groups is 1. The Morgan fingerprint density at radius 2 is 1.65 bits per heavy atom. The Morgan fingerprint density at radius 1 is 1.03 bits per heavy atom. The number of ketones is 1. The van der Waals surface area contributed by atoms with Crippen molar-refractivity contribution in [3.05, 3.63) is 94.0 Å². The molecule has 3 aromatic rings. The van der Waals surface area contributed by atoms with E-state index < -0.39 is 12.3 Å². The van der Waals surface area contributed by atoms with Gasteiger partial charge in [-0.1, -0.05) is 36.4 Å². The number of aliphatic hydroxyl groups excluding tert-OH is 1. The zero-order valence-electron chi connectivity index (χ0n) is 17.0. The van der Waals surface area contributed by atoms with Crippen molar-refractivity contribution >= 4 is 5.78 Å². The minimum absolute atomic E-state index is 0.0653. The molecule has 0 saturated heterocycles. The minimum atomic E-state index is -1.05. The van der Waals surface area contributed by atoms with Crippen molar-refractivity contribution in [2.45, 2.75) is 25.7 Å². The second-order valence-corrected chi connectivity index (χ2v) is 7.43. The van der Waals surface area contributed by atoms with E-state index in [1.807, 2.05) is 31.2 Å². The fourth-order valence-electron chi connectivity index (χ4n) is 3.64. The quantitative estimate of drug-likeness (QED) is 0.613. The molecule has 6 heteroatoms. The van der Waals surface area contributed by atoms with E-state index in [0.717, 1.165) is 16.7 Å². The molecule has 1 heterocycles. The van der Waals surface area contributed by atoms with Gasteiger partial charge in [0.2, 0.25) is 0 Å². The van der Waals surface area contributed by atoms with Gasteiger partial charge >= 0.3 is 0 Å². The first kappa shape index (κ1) is 20.6. The largest absolute Gasteiger partial charge is 0.492 e. The summed E-state index contributed by atoms with van der Waals surface area (Å²) in [5.41, 5.74) is 9.75. The lowest BCUT2D eigenvalue weighted by Crippen LogP contribution is -2.17. The van der Waals surface area contributed by atoms with Gasteiger partial charge in [-0.25, -0.2) is 0 Å². The Balaban J connectivity index is 1.74. The van der Waals surface area contributed by atoms with E-state index in [0.29, 0.717) is 41.2 Å². The molecule has 0 aliphatic carbocycles. The third kappa shape index (κ3) is 4.15. The SMILES string of the molecule is Cc1c(O[C@@H](c2ccc(C#N)cc2)c2ccc([C@H](N)O)cc2)ccc2c1OCCC2=O. The van der Waals surface area contributed by atoms with Crippen molar-refractivity contribution in [3.8, 4) is 17.6 Å². The third-order valence-electron chi connectivity index (χ3n) is 5.40. The molecule has 0 radical (unpaired) electrons. The number of aliphatic hydroxyl groups is 1. The monoisotopic (exact) mass is 414 g/mol. The average molecular weight is 414 g/mol. The van der Waals surface area contributed by atoms with Gasteiger partial charge in [-0.15, -0.1) is 0 Å². The van der Waals surface area contributed by atoms with Crippen molar-refractivity contribution in [2.75, 3.05) is 6.61 Å². The molecule has 3 aromatic carbocycles. The number of benzene rings is 3. The van der Waals surface area contributed by atoms with Gasteiger partial charge < -0.3 is 20.3 Å². The van der Waals surface area contributed by atoms with Gasteiger partial charge in [0.05, 0.1) is 23.8 Å². The number of rotatable bonds is 5. The van der Waals surface area contributed by atoms with Crippen LogP contribution in [0.15, 0.2) is 60.7 Å². The molecule has 0 aromatic heterocycles. The molecule has 1 aliphatic heterocycles. The Bertz CT molecular complexity index is 1150. The molecule has 1 aliphatic rings. The first-order chi connectivity index (χ1) is 15.0. The highest BCUT2D eigenvalue weighted by molar-refractivity contribution is 6.00. The molecule has 0 amide bonds. The Morgan fingerprint density at radius 3 is 2.26 bits per heavy atom. The van der Waals surface area contributed by atoms with Crippen LogP contribution in [0.3, 0.4) is 0 Å². The summed E-state index contributed by atoms with van der Waals surface area (Å²) in [6.07, 6.45) is -1.16. The lowest BCUT2D eigenvalue weighted by Gasteiger charge is -2.25. The van der Waals surface area contributed by atoms with Gasteiger partial charge in [0, 0.05) is 12.0 Å². The first-order valence-electron chi connectivity index (χ1n) is 9.97. The summed E-state index contributed by atoms with van der Waals surface area (Å²) in [4.78, 5) is 12.2. The van der Waals surface area contributed by atoms with E-state index in [1.54, 1.807) is 36.4 Å². The summed E-state index contributed by atoms with van der Waals surface area (Å²) >= 11 is 0. The third-order valence-corrected chi connectivity index (χ3v) is 5.40. The van der Waals surface area contributed by atoms with Crippen LogP contribution in [0.2, 0.25) is 0 Å². The van der Waals surface area contributed by atoms with Crippen molar-refractivity contribution in [2.24, 2.45) is 5.73 Å². The smallest absolute Gasteiger partial charge is 0.170 e. The predicted molar refractivity (Wildman–Crippen MR) is 115 cm³/mol. The van der Waals surface area contributed by atoms with Gasteiger partial charge in [0.1, 0.15) is 23.8 Å². The summed E-state index contributed by atoms with van der Waals surface area (Å²) in [5, 5.41) is 18.7. The number of hydrogen-bond acceptors (Lipinski definition) is 6. The normalized spacial score (nSPS) is 14.7. The number of ether oxygens (including phenoxy) is 2. The lowest BCUT2D eigenvalue weighted by atomic mass is 9.98. The van der Waals surface area contributed by atoms with E-state index in [9.17, 15) is 9.90 Å². The molecule has 0 spiro atoms. The van der Waals surface area contributed by atoms with Gasteiger partial charge in [-0.05, 0) is 47.9 Å². The Kier molecular flexibility index (Phi) is 5.72. The zero-order chi connectivity index (χ0) is 22.0. The summed E-state index contributed by atoms with van der Waals surface area (Å²) in [6.45, 7) is 2.23. The van der Waals surface area contributed by atoms with E-state index in [2.05, 4.69) is 6.07 Å². The molecule has 0 saturated carbocycles. The molecule has 0 unspecified atom stereocenters. The average Bonchev–Trinajstić information content (AvgIpc) is 2.79. The second kappa shape index (κ2) is 8.60. The van der Waals surface area contributed by atoms with E-state index in [4.69, 9.17) is 20.5 Å². The number of hydrogen-bond donors (Lipinski definition) is 2. The van der Waals surface area contributed by atoms with E-state index in [-0.39, 0.29) is 5.78 Å². The topological polar surface area (TPSA) is 106 Å². The minimum Gasteiger partial charge on any atom is -0.492 e. The Labute approximate surface area is 180 Å². The molecule has 31 heavy (non-hydrogen) atoms. The highest BCUT2D eigenvalue weighted by atomic mass is 16.5. The summed E-state index contributed by atoms with van der Waals surface area (Å²) in [7, 11) is 0. The number of nitrogens with zero attached hydrogens (tertiary/aromatic N) is 1. The molecular weight excluding hydrogens is 392 g/mol. The summed E-state index contributed by atoms with van der Waals surface area (Å²) in [6, 6.07) is 20.0. The molecule has 0 fully saturated rings. The first-order valence-corrected chi connectivity index (χ1v) is 9.97. The fourth-order valence-corrected chi connectivity index (χ4v) is 3.64. The maximum atomic E-state index is 12.2. The van der Waals surface area contributed by atoms with Crippen LogP contribution in [0, 0.1) is 18.3 Å². The maximum absolute atomic E-state index is 12.2. The van der Waals surface area contributed by atoms with E-state index >= 15 is 0 Å². The van der Waals surface area contributed by atoms with Crippen molar-refractivity contribution < 1.29 is 19.4 Å². The number of nitrogens with two attached hydrogens (primary N) is 1. The molecular formula is C25H22N2O4. The highest BCUT2D eigenvalue weighted by Gasteiger charge is 2.24.